The van der Waals surface area contributed by atoms with Crippen LogP contribution in [0.4, 0.5) is 10.2 Å². The largest absolute Gasteiger partial charge is 0.505 e. The molecule has 9 heteroatoms. The molecular weight excluding hydrogens is 413 g/mol. The Morgan fingerprint density at radius 2 is 1.91 bits per heavy atom. The highest BCUT2D eigenvalue weighted by molar-refractivity contribution is 5.98. The maximum atomic E-state index is 14.0. The molecular formula is C23H22FN5O3. The van der Waals surface area contributed by atoms with Crippen LogP contribution in [0.3, 0.4) is 0 Å². The standard InChI is InChI=1S/C23H22FN5O3/c24-20-17(31)5-2-6-18(20)32-16-9-7-13(8-10-16)21-19-22(25)26-12-27-23(19)29(28-21)14-3-1-4-15(30)11-14/h2,5-10,12,14-15,30-31H,1,3-4,11H2,(H2,25,26,27)/t14-,15-/m1/s1. The summed E-state index contributed by atoms with van der Waals surface area (Å²) >= 11 is 0. The Morgan fingerprint density at radius 1 is 1.09 bits per heavy atom. The molecule has 164 valence electrons. The lowest BCUT2D eigenvalue weighted by atomic mass is 9.93. The molecule has 0 spiro atoms. The number of aromatic hydroxyl groups is 1. The van der Waals surface area contributed by atoms with Gasteiger partial charge in [-0.1, -0.05) is 6.07 Å². The van der Waals surface area contributed by atoms with Crippen LogP contribution in [0.15, 0.2) is 48.8 Å². The molecule has 8 nitrogen and oxygen atoms in total. The maximum Gasteiger partial charge on any atom is 0.207 e. The van der Waals surface area contributed by atoms with Crippen molar-refractivity contribution in [1.29, 1.82) is 0 Å². The van der Waals surface area contributed by atoms with E-state index in [0.717, 1.165) is 24.8 Å². The number of aliphatic hydroxyl groups excluding tert-OH is 1. The van der Waals surface area contributed by atoms with E-state index < -0.39 is 11.6 Å². The van der Waals surface area contributed by atoms with Crippen LogP contribution in [0, 0.1) is 5.82 Å². The predicted molar refractivity (Wildman–Crippen MR) is 117 cm³/mol. The van der Waals surface area contributed by atoms with Gasteiger partial charge in [0.1, 0.15) is 23.6 Å². The zero-order valence-corrected chi connectivity index (χ0v) is 17.1. The lowest BCUT2D eigenvalue weighted by molar-refractivity contribution is 0.101. The van der Waals surface area contributed by atoms with E-state index in [9.17, 15) is 14.6 Å². The molecule has 0 radical (unpaired) electrons. The number of hydrogen-bond donors (Lipinski definition) is 3. The van der Waals surface area contributed by atoms with Gasteiger partial charge >= 0.3 is 0 Å². The lowest BCUT2D eigenvalue weighted by Crippen LogP contribution is -2.23. The molecule has 2 aromatic carbocycles. The Bertz CT molecular complexity index is 1270. The summed E-state index contributed by atoms with van der Waals surface area (Å²) in [5, 5.41) is 25.1. The van der Waals surface area contributed by atoms with E-state index in [1.165, 1.54) is 24.5 Å². The number of anilines is 1. The highest BCUT2D eigenvalue weighted by atomic mass is 19.1. The van der Waals surface area contributed by atoms with E-state index in [1.54, 1.807) is 24.3 Å². The summed E-state index contributed by atoms with van der Waals surface area (Å²) in [6.45, 7) is 0. The summed E-state index contributed by atoms with van der Waals surface area (Å²) in [6, 6.07) is 11.2. The molecule has 4 N–H and O–H groups in total. The van der Waals surface area contributed by atoms with Gasteiger partial charge < -0.3 is 20.7 Å². The summed E-state index contributed by atoms with van der Waals surface area (Å²) in [5.74, 6) is -0.627. The van der Waals surface area contributed by atoms with Crippen LogP contribution in [-0.4, -0.2) is 36.1 Å². The van der Waals surface area contributed by atoms with Crippen molar-refractivity contribution in [3.8, 4) is 28.5 Å². The second kappa shape index (κ2) is 8.08. The first-order chi connectivity index (χ1) is 15.5. The van der Waals surface area contributed by atoms with Gasteiger partial charge in [0.05, 0.1) is 17.5 Å². The summed E-state index contributed by atoms with van der Waals surface area (Å²) in [7, 11) is 0. The van der Waals surface area contributed by atoms with E-state index in [0.29, 0.717) is 34.7 Å². The molecule has 4 aromatic rings. The molecule has 0 aliphatic heterocycles. The monoisotopic (exact) mass is 435 g/mol. The zero-order valence-electron chi connectivity index (χ0n) is 17.1. The van der Waals surface area contributed by atoms with Gasteiger partial charge in [-0.05, 0) is 62.1 Å². The molecule has 0 saturated heterocycles. The molecule has 0 bridgehead atoms. The molecule has 5 rings (SSSR count). The number of fused-ring (bicyclic) bond motifs is 1. The van der Waals surface area contributed by atoms with Crippen molar-refractivity contribution in [1.82, 2.24) is 19.7 Å². The van der Waals surface area contributed by atoms with Crippen LogP contribution >= 0.6 is 0 Å². The third kappa shape index (κ3) is 3.60. The van der Waals surface area contributed by atoms with E-state index in [1.807, 2.05) is 4.68 Å². The first-order valence-corrected chi connectivity index (χ1v) is 10.4. The summed E-state index contributed by atoms with van der Waals surface area (Å²) in [5.41, 5.74) is 8.22. The average molecular weight is 435 g/mol. The predicted octanol–water partition coefficient (Wildman–Crippen LogP) is 4.19. The van der Waals surface area contributed by atoms with Crippen molar-refractivity contribution in [3.63, 3.8) is 0 Å². The van der Waals surface area contributed by atoms with Crippen molar-refractivity contribution >= 4 is 16.9 Å². The van der Waals surface area contributed by atoms with Crippen LogP contribution in [0.25, 0.3) is 22.3 Å². The number of nitrogen functional groups attached to an aromatic ring is 1. The van der Waals surface area contributed by atoms with Crippen molar-refractivity contribution in [3.05, 3.63) is 54.6 Å². The molecule has 0 amide bonds. The Kier molecular flexibility index (Phi) is 5.10. The number of benzene rings is 2. The number of hydrogen-bond acceptors (Lipinski definition) is 7. The molecule has 2 atom stereocenters. The van der Waals surface area contributed by atoms with Crippen molar-refractivity contribution < 1.29 is 19.3 Å². The Balaban J connectivity index is 1.51. The molecule has 2 aromatic heterocycles. The van der Waals surface area contributed by atoms with Gasteiger partial charge in [-0.15, -0.1) is 0 Å². The summed E-state index contributed by atoms with van der Waals surface area (Å²) < 4.78 is 21.4. The minimum atomic E-state index is -0.819. The normalized spacial score (nSPS) is 18.7. The van der Waals surface area contributed by atoms with Gasteiger partial charge in [-0.25, -0.2) is 14.6 Å². The quantitative estimate of drug-likeness (QED) is 0.440. The number of nitrogens with zero attached hydrogens (tertiary/aromatic N) is 4. The number of rotatable bonds is 4. The third-order valence-corrected chi connectivity index (χ3v) is 5.78. The maximum absolute atomic E-state index is 14.0. The number of aliphatic hydroxyl groups is 1. The van der Waals surface area contributed by atoms with Gasteiger partial charge in [0.15, 0.2) is 17.1 Å². The molecule has 1 saturated carbocycles. The van der Waals surface area contributed by atoms with E-state index in [-0.39, 0.29) is 17.9 Å². The van der Waals surface area contributed by atoms with E-state index in [2.05, 4.69) is 9.97 Å². The fourth-order valence-electron chi connectivity index (χ4n) is 4.20. The first-order valence-electron chi connectivity index (χ1n) is 10.4. The lowest BCUT2D eigenvalue weighted by Gasteiger charge is -2.26. The number of ether oxygens (including phenoxy) is 1. The van der Waals surface area contributed by atoms with Crippen LogP contribution in [0.2, 0.25) is 0 Å². The van der Waals surface area contributed by atoms with Crippen LogP contribution < -0.4 is 10.5 Å². The minimum Gasteiger partial charge on any atom is -0.505 e. The van der Waals surface area contributed by atoms with Crippen LogP contribution in [0.5, 0.6) is 17.2 Å². The highest BCUT2D eigenvalue weighted by Crippen LogP contribution is 2.37. The Hall–Kier alpha value is -3.72. The van der Waals surface area contributed by atoms with Crippen LogP contribution in [-0.2, 0) is 0 Å². The zero-order chi connectivity index (χ0) is 22.2. The molecule has 1 fully saturated rings. The summed E-state index contributed by atoms with van der Waals surface area (Å²) in [4.78, 5) is 8.55. The van der Waals surface area contributed by atoms with Crippen molar-refractivity contribution in [2.24, 2.45) is 0 Å². The topological polar surface area (TPSA) is 119 Å². The number of phenolic OH excluding ortho intramolecular Hbond substituents is 1. The van der Waals surface area contributed by atoms with Gasteiger partial charge in [0.25, 0.3) is 0 Å². The molecule has 1 aliphatic rings. The fourth-order valence-corrected chi connectivity index (χ4v) is 4.20. The van der Waals surface area contributed by atoms with Gasteiger partial charge in [-0.2, -0.15) is 9.49 Å². The van der Waals surface area contributed by atoms with Crippen molar-refractivity contribution in [2.45, 2.75) is 37.8 Å². The van der Waals surface area contributed by atoms with Gasteiger partial charge in [0.2, 0.25) is 5.82 Å². The van der Waals surface area contributed by atoms with E-state index >= 15 is 0 Å². The second-order valence-corrected chi connectivity index (χ2v) is 7.94. The number of phenols is 1. The van der Waals surface area contributed by atoms with Gasteiger partial charge in [-0.3, -0.25) is 0 Å². The fraction of sp³-hybridized carbons (Fsp3) is 0.261. The van der Waals surface area contributed by atoms with E-state index in [4.69, 9.17) is 15.6 Å². The van der Waals surface area contributed by atoms with Crippen LogP contribution in [0.1, 0.15) is 31.7 Å². The highest BCUT2D eigenvalue weighted by Gasteiger charge is 2.26. The smallest absolute Gasteiger partial charge is 0.207 e. The Morgan fingerprint density at radius 3 is 2.69 bits per heavy atom. The number of aromatic nitrogens is 4. The van der Waals surface area contributed by atoms with Gasteiger partial charge in [0, 0.05) is 5.56 Å². The number of nitrogens with two attached hydrogens (primary N) is 1. The number of halogens is 1. The average Bonchev–Trinajstić information content (AvgIpc) is 3.19. The first kappa shape index (κ1) is 20.2. The Labute approximate surface area is 183 Å². The summed E-state index contributed by atoms with van der Waals surface area (Å²) in [6.07, 6.45) is 4.29. The molecule has 32 heavy (non-hydrogen) atoms. The van der Waals surface area contributed by atoms with Crippen molar-refractivity contribution in [2.75, 3.05) is 5.73 Å². The SMILES string of the molecule is Nc1ncnc2c1c(-c1ccc(Oc3cccc(O)c3F)cc1)nn2[C@@H]1CCC[C@@H](O)C1. The minimum absolute atomic E-state index is 0.0284. The second-order valence-electron chi connectivity index (χ2n) is 7.94. The molecule has 0 unspecified atom stereocenters. The molecule has 2 heterocycles. The molecule has 1 aliphatic carbocycles. The third-order valence-electron chi connectivity index (χ3n) is 5.78.